The van der Waals surface area contributed by atoms with Crippen LogP contribution >= 0.6 is 0 Å². The van der Waals surface area contributed by atoms with Gasteiger partial charge in [0.05, 0.1) is 12.2 Å². The molecular weight excluding hydrogens is 310 g/mol. The summed E-state index contributed by atoms with van der Waals surface area (Å²) in [5.74, 6) is 3.26. The Hall–Kier alpha value is -0.120. The Bertz CT molecular complexity index is 392. The minimum absolute atomic E-state index is 0.323. The molecule has 3 aliphatic carbocycles. The highest BCUT2D eigenvalue weighted by molar-refractivity contribution is 4.95. The normalized spacial score (nSPS) is 49.3. The fourth-order valence-corrected chi connectivity index (χ4v) is 5.95. The molecule has 0 saturated heterocycles. The fraction of sp³-hybridized carbons (Fsp3) is 1.00. The molecule has 0 heterocycles. The summed E-state index contributed by atoms with van der Waals surface area (Å²) in [6, 6.07) is 1.67. The van der Waals surface area contributed by atoms with Gasteiger partial charge in [0.25, 0.3) is 0 Å². The van der Waals surface area contributed by atoms with E-state index in [0.717, 1.165) is 36.5 Å². The van der Waals surface area contributed by atoms with E-state index in [9.17, 15) is 10.2 Å². The van der Waals surface area contributed by atoms with Crippen molar-refractivity contribution in [1.29, 1.82) is 0 Å². The van der Waals surface area contributed by atoms with Gasteiger partial charge in [-0.1, -0.05) is 27.7 Å². The third-order valence-corrected chi connectivity index (χ3v) is 8.04. The van der Waals surface area contributed by atoms with Crippen LogP contribution in [0.1, 0.15) is 85.5 Å². The molecule has 0 amide bonds. The van der Waals surface area contributed by atoms with Gasteiger partial charge in [-0.05, 0) is 81.5 Å². The second kappa shape index (κ2) is 8.27. The van der Waals surface area contributed by atoms with Crippen molar-refractivity contribution in [2.75, 3.05) is 0 Å². The fourth-order valence-electron chi connectivity index (χ4n) is 5.95. The largest absolute Gasteiger partial charge is 0.393 e. The molecule has 0 aliphatic heterocycles. The molecule has 3 nitrogen and oxygen atoms in total. The molecule has 25 heavy (non-hydrogen) atoms. The predicted molar refractivity (Wildman–Crippen MR) is 103 cm³/mol. The van der Waals surface area contributed by atoms with Crippen LogP contribution in [0.15, 0.2) is 0 Å². The van der Waals surface area contributed by atoms with Gasteiger partial charge < -0.3 is 10.2 Å². The van der Waals surface area contributed by atoms with Crippen molar-refractivity contribution in [1.82, 2.24) is 4.90 Å². The van der Waals surface area contributed by atoms with Crippen LogP contribution < -0.4 is 0 Å². The third kappa shape index (κ3) is 4.59. The summed E-state index contributed by atoms with van der Waals surface area (Å²) in [4.78, 5) is 2.82. The van der Waals surface area contributed by atoms with Gasteiger partial charge >= 0.3 is 0 Å². The van der Waals surface area contributed by atoms with Crippen molar-refractivity contribution >= 4 is 0 Å². The Labute approximate surface area is 155 Å². The lowest BCUT2D eigenvalue weighted by Gasteiger charge is -2.51. The van der Waals surface area contributed by atoms with Gasteiger partial charge in [0.1, 0.15) is 0 Å². The van der Waals surface area contributed by atoms with Crippen molar-refractivity contribution in [3.8, 4) is 0 Å². The van der Waals surface area contributed by atoms with E-state index < -0.39 is 0 Å². The number of hydrogen-bond donors (Lipinski definition) is 2. The Morgan fingerprint density at radius 3 is 1.36 bits per heavy atom. The molecule has 146 valence electrons. The highest BCUT2D eigenvalue weighted by Crippen LogP contribution is 2.41. The monoisotopic (exact) mass is 351 g/mol. The van der Waals surface area contributed by atoms with Crippen LogP contribution in [0.4, 0.5) is 0 Å². The number of hydrogen-bond acceptors (Lipinski definition) is 3. The van der Waals surface area contributed by atoms with Crippen molar-refractivity contribution in [2.24, 2.45) is 23.7 Å². The summed E-state index contributed by atoms with van der Waals surface area (Å²) in [6.07, 6.45) is 9.50. The zero-order chi connectivity index (χ0) is 18.1. The Morgan fingerprint density at radius 1 is 0.520 bits per heavy atom. The Morgan fingerprint density at radius 2 is 0.960 bits per heavy atom. The molecule has 0 bridgehead atoms. The molecule has 3 aliphatic rings. The topological polar surface area (TPSA) is 43.7 Å². The van der Waals surface area contributed by atoms with Crippen LogP contribution in [0, 0.1) is 23.7 Å². The van der Waals surface area contributed by atoms with Crippen LogP contribution in [0.5, 0.6) is 0 Å². The summed E-state index contributed by atoms with van der Waals surface area (Å²) in [5, 5.41) is 20.6. The van der Waals surface area contributed by atoms with Gasteiger partial charge in [0.15, 0.2) is 0 Å². The summed E-state index contributed by atoms with van der Waals surface area (Å²) < 4.78 is 0. The number of nitrogens with zero attached hydrogens (tertiary/aromatic N) is 1. The summed E-state index contributed by atoms with van der Waals surface area (Å²) >= 11 is 0. The lowest BCUT2D eigenvalue weighted by atomic mass is 9.74. The summed E-state index contributed by atoms with van der Waals surface area (Å²) in [6.45, 7) is 9.66. The maximum Gasteiger partial charge on any atom is 0.0579 e. The molecule has 3 rings (SSSR count). The number of aliphatic hydroxyl groups is 2. The van der Waals surface area contributed by atoms with E-state index in [4.69, 9.17) is 0 Å². The molecule has 0 aromatic heterocycles. The highest BCUT2D eigenvalue weighted by Gasteiger charge is 2.41. The molecular formula is C22H41NO2. The van der Waals surface area contributed by atoms with Crippen LogP contribution in [0.25, 0.3) is 0 Å². The third-order valence-electron chi connectivity index (χ3n) is 8.04. The van der Waals surface area contributed by atoms with Gasteiger partial charge in [0.2, 0.25) is 0 Å². The molecule has 3 saturated carbocycles. The lowest BCUT2D eigenvalue weighted by Crippen LogP contribution is -2.56. The second-order valence-electron chi connectivity index (χ2n) is 9.96. The quantitative estimate of drug-likeness (QED) is 0.800. The second-order valence-corrected chi connectivity index (χ2v) is 9.96. The van der Waals surface area contributed by atoms with E-state index in [1.807, 2.05) is 0 Å². The zero-order valence-electron chi connectivity index (χ0n) is 16.9. The van der Waals surface area contributed by atoms with E-state index in [1.54, 1.807) is 0 Å². The molecule has 0 spiro atoms. The maximum atomic E-state index is 10.3. The first-order chi connectivity index (χ1) is 11.8. The predicted octanol–water partition coefficient (Wildman–Crippen LogP) is 4.21. The Balaban J connectivity index is 1.78. The van der Waals surface area contributed by atoms with Crippen molar-refractivity contribution < 1.29 is 10.2 Å². The van der Waals surface area contributed by atoms with E-state index in [0.29, 0.717) is 24.5 Å². The highest BCUT2D eigenvalue weighted by atomic mass is 16.3. The zero-order valence-corrected chi connectivity index (χ0v) is 16.9. The van der Waals surface area contributed by atoms with Crippen molar-refractivity contribution in [2.45, 2.75) is 116 Å². The number of aliphatic hydroxyl groups excluding tert-OH is 2. The van der Waals surface area contributed by atoms with E-state index in [-0.39, 0.29) is 12.2 Å². The average Bonchev–Trinajstić information content (AvgIpc) is 2.53. The van der Waals surface area contributed by atoms with E-state index in [1.165, 1.54) is 38.5 Å². The van der Waals surface area contributed by atoms with Crippen LogP contribution in [-0.4, -0.2) is 45.4 Å². The van der Waals surface area contributed by atoms with Crippen LogP contribution in [0.2, 0.25) is 0 Å². The minimum Gasteiger partial charge on any atom is -0.393 e. The maximum absolute atomic E-state index is 10.3. The summed E-state index contributed by atoms with van der Waals surface area (Å²) in [5.41, 5.74) is 0. The lowest BCUT2D eigenvalue weighted by molar-refractivity contribution is -0.0586. The van der Waals surface area contributed by atoms with Gasteiger partial charge in [-0.25, -0.2) is 0 Å². The van der Waals surface area contributed by atoms with Gasteiger partial charge in [0, 0.05) is 18.1 Å². The molecule has 2 N–H and O–H groups in total. The Kier molecular flexibility index (Phi) is 6.50. The smallest absolute Gasteiger partial charge is 0.0579 e. The van der Waals surface area contributed by atoms with Gasteiger partial charge in [-0.2, -0.15) is 0 Å². The average molecular weight is 352 g/mol. The van der Waals surface area contributed by atoms with E-state index in [2.05, 4.69) is 32.6 Å². The van der Waals surface area contributed by atoms with Crippen LogP contribution in [0.3, 0.4) is 0 Å². The number of rotatable bonds is 3. The molecule has 0 aromatic rings. The molecule has 0 aromatic carbocycles. The SMILES string of the molecule is CC1CCC(N(C2CC(O)CC(O)C2)C2CCC(C)C(C)C2)CC1C. The first-order valence-corrected chi connectivity index (χ1v) is 11.0. The molecule has 0 radical (unpaired) electrons. The summed E-state index contributed by atoms with van der Waals surface area (Å²) in [7, 11) is 0. The first kappa shape index (κ1) is 19.6. The molecule has 8 unspecified atom stereocenters. The molecule has 3 fully saturated rings. The van der Waals surface area contributed by atoms with E-state index >= 15 is 0 Å². The molecule has 3 heteroatoms. The minimum atomic E-state index is -0.323. The van der Waals surface area contributed by atoms with Crippen molar-refractivity contribution in [3.63, 3.8) is 0 Å². The van der Waals surface area contributed by atoms with Gasteiger partial charge in [-0.15, -0.1) is 0 Å². The van der Waals surface area contributed by atoms with Gasteiger partial charge in [-0.3, -0.25) is 4.90 Å². The molecule has 8 atom stereocenters. The van der Waals surface area contributed by atoms with Crippen molar-refractivity contribution in [3.05, 3.63) is 0 Å². The standard InChI is InChI=1S/C22H41NO2/c1-14-5-7-18(9-16(14)3)23(19-8-6-15(2)17(4)10-19)20-11-21(24)13-22(25)12-20/h14-22,24-25H,5-13H2,1-4H3. The van der Waals surface area contributed by atoms with Crippen LogP contribution in [-0.2, 0) is 0 Å². The first-order valence-electron chi connectivity index (χ1n) is 11.0.